The highest BCUT2D eigenvalue weighted by Crippen LogP contribution is 2.46. The molecule has 0 saturated carbocycles. The van der Waals surface area contributed by atoms with E-state index in [1.165, 1.54) is 0 Å². The molecule has 1 heterocycles. The minimum atomic E-state index is -0.391. The van der Waals surface area contributed by atoms with Gasteiger partial charge in [-0.15, -0.1) is 0 Å². The lowest BCUT2D eigenvalue weighted by Crippen LogP contribution is -2.47. The van der Waals surface area contributed by atoms with Crippen molar-refractivity contribution < 1.29 is 23.8 Å². The van der Waals surface area contributed by atoms with Gasteiger partial charge in [0.1, 0.15) is 0 Å². The van der Waals surface area contributed by atoms with Crippen LogP contribution in [0.5, 0.6) is 11.5 Å². The topological polar surface area (TPSA) is 68.3 Å². The number of anilines is 1. The number of rotatable bonds is 9. The van der Waals surface area contributed by atoms with Gasteiger partial charge in [0, 0.05) is 30.6 Å². The zero-order valence-electron chi connectivity index (χ0n) is 22.6. The van der Waals surface area contributed by atoms with Gasteiger partial charge in [-0.05, 0) is 43.9 Å². The molecule has 1 aliphatic rings. The summed E-state index contributed by atoms with van der Waals surface area (Å²) in [5, 5.41) is 0. The van der Waals surface area contributed by atoms with Crippen molar-refractivity contribution in [1.29, 1.82) is 0 Å². The van der Waals surface area contributed by atoms with Gasteiger partial charge in [0.2, 0.25) is 5.91 Å². The molecule has 2 unspecified atom stereocenters. The average Bonchev–Trinajstić information content (AvgIpc) is 2.94. The molecule has 3 aromatic carbocycles. The van der Waals surface area contributed by atoms with Crippen LogP contribution in [0.3, 0.4) is 0 Å². The fourth-order valence-corrected chi connectivity index (χ4v) is 5.13. The Morgan fingerprint density at radius 1 is 0.921 bits per heavy atom. The van der Waals surface area contributed by atoms with Gasteiger partial charge in [-0.25, -0.2) is 4.79 Å². The number of benzene rings is 3. The molecule has 38 heavy (non-hydrogen) atoms. The van der Waals surface area contributed by atoms with Crippen molar-refractivity contribution >= 4 is 17.7 Å². The maximum atomic E-state index is 13.7. The van der Waals surface area contributed by atoms with Crippen molar-refractivity contribution in [3.8, 4) is 11.5 Å². The number of nitrogens with zero attached hydrogens (tertiary/aromatic N) is 2. The number of amides is 2. The quantitative estimate of drug-likeness (QED) is 0.341. The normalized spacial score (nSPS) is 16.4. The first kappa shape index (κ1) is 27.0. The Bertz CT molecular complexity index is 1230. The summed E-state index contributed by atoms with van der Waals surface area (Å²) in [6.07, 6.45) is 1.19. The van der Waals surface area contributed by atoms with E-state index in [2.05, 4.69) is 0 Å². The number of aryl methyl sites for hydroxylation is 1. The third kappa shape index (κ3) is 5.93. The third-order valence-corrected chi connectivity index (χ3v) is 6.97. The summed E-state index contributed by atoms with van der Waals surface area (Å²) >= 11 is 0. The molecule has 4 rings (SSSR count). The van der Waals surface area contributed by atoms with Crippen molar-refractivity contribution in [2.24, 2.45) is 0 Å². The predicted molar refractivity (Wildman–Crippen MR) is 148 cm³/mol. The number of hydrogen-bond acceptors (Lipinski definition) is 5. The number of carbonyl (C=O) groups excluding carboxylic acids is 2. The van der Waals surface area contributed by atoms with E-state index in [9.17, 15) is 9.59 Å². The first-order chi connectivity index (χ1) is 18.5. The first-order valence-electron chi connectivity index (χ1n) is 13.1. The molecule has 0 bridgehead atoms. The molecule has 2 atom stereocenters. The van der Waals surface area contributed by atoms with E-state index in [4.69, 9.17) is 14.2 Å². The zero-order valence-corrected chi connectivity index (χ0v) is 22.6. The molecular weight excluding hydrogens is 480 g/mol. The van der Waals surface area contributed by atoms with Crippen LogP contribution in [0.15, 0.2) is 72.8 Å². The summed E-state index contributed by atoms with van der Waals surface area (Å²) in [5.41, 5.74) is 3.67. The second-order valence-electron chi connectivity index (χ2n) is 9.43. The van der Waals surface area contributed by atoms with Crippen LogP contribution in [0.4, 0.5) is 10.5 Å². The highest BCUT2D eigenvalue weighted by atomic mass is 16.6. The lowest BCUT2D eigenvalue weighted by molar-refractivity contribution is -0.119. The summed E-state index contributed by atoms with van der Waals surface area (Å²) in [6.45, 7) is 4.48. The maximum absolute atomic E-state index is 13.7. The van der Waals surface area contributed by atoms with Crippen molar-refractivity contribution in [3.05, 3.63) is 89.5 Å². The number of fused-ring (bicyclic) bond motifs is 1. The Hall–Kier alpha value is -4.00. The summed E-state index contributed by atoms with van der Waals surface area (Å²) in [5.74, 6) is 1.11. The lowest BCUT2D eigenvalue weighted by atomic mass is 9.89. The minimum Gasteiger partial charge on any atom is -0.493 e. The van der Waals surface area contributed by atoms with Gasteiger partial charge in [0.25, 0.3) is 0 Å². The predicted octanol–water partition coefficient (Wildman–Crippen LogP) is 6.16. The van der Waals surface area contributed by atoms with Crippen LogP contribution in [0, 0.1) is 0 Å². The van der Waals surface area contributed by atoms with Gasteiger partial charge < -0.3 is 19.1 Å². The summed E-state index contributed by atoms with van der Waals surface area (Å²) in [4.78, 5) is 30.5. The molecule has 2 amide bonds. The van der Waals surface area contributed by atoms with E-state index in [1.807, 2.05) is 84.6 Å². The van der Waals surface area contributed by atoms with Crippen LogP contribution in [0.2, 0.25) is 0 Å². The van der Waals surface area contributed by atoms with Crippen molar-refractivity contribution in [2.45, 2.75) is 51.7 Å². The fourth-order valence-electron chi connectivity index (χ4n) is 5.13. The largest absolute Gasteiger partial charge is 0.493 e. The molecule has 200 valence electrons. The maximum Gasteiger partial charge on any atom is 0.410 e. The van der Waals surface area contributed by atoms with Gasteiger partial charge in [-0.3, -0.25) is 9.69 Å². The van der Waals surface area contributed by atoms with Crippen molar-refractivity contribution in [2.75, 3.05) is 25.7 Å². The summed E-state index contributed by atoms with van der Waals surface area (Å²) < 4.78 is 16.7. The van der Waals surface area contributed by atoms with E-state index < -0.39 is 6.09 Å². The van der Waals surface area contributed by atoms with E-state index in [0.717, 1.165) is 22.4 Å². The Kier molecular flexibility index (Phi) is 8.89. The van der Waals surface area contributed by atoms with Gasteiger partial charge >= 0.3 is 6.09 Å². The van der Waals surface area contributed by atoms with E-state index in [0.29, 0.717) is 37.3 Å². The molecule has 0 N–H and O–H groups in total. The van der Waals surface area contributed by atoms with Gasteiger partial charge in [0.15, 0.2) is 11.5 Å². The molecule has 0 aromatic heterocycles. The van der Waals surface area contributed by atoms with Crippen LogP contribution in [0.1, 0.15) is 49.4 Å². The minimum absolute atomic E-state index is 0.0269. The second-order valence-corrected chi connectivity index (χ2v) is 9.43. The summed E-state index contributed by atoms with van der Waals surface area (Å²) in [7, 11) is 3.16. The molecular formula is C31H36N2O5. The number of methoxy groups -OCH3 is 2. The van der Waals surface area contributed by atoms with Crippen molar-refractivity contribution in [3.63, 3.8) is 0 Å². The number of carbonyl (C=O) groups is 2. The van der Waals surface area contributed by atoms with Crippen LogP contribution < -0.4 is 14.4 Å². The summed E-state index contributed by atoms with van der Waals surface area (Å²) in [6, 6.07) is 23.1. The Balaban J connectivity index is 1.74. The second kappa shape index (κ2) is 12.5. The molecule has 7 heteroatoms. The van der Waals surface area contributed by atoms with Crippen LogP contribution in [-0.2, 0) is 22.5 Å². The molecule has 0 radical (unpaired) electrons. The van der Waals surface area contributed by atoms with Gasteiger partial charge in [-0.2, -0.15) is 0 Å². The van der Waals surface area contributed by atoms with Crippen molar-refractivity contribution in [1.82, 2.24) is 4.90 Å². The van der Waals surface area contributed by atoms with E-state index in [-0.39, 0.29) is 24.6 Å². The fraction of sp³-hybridized carbons (Fsp3) is 0.355. The Labute approximate surface area is 224 Å². The highest BCUT2D eigenvalue weighted by Gasteiger charge is 2.39. The molecule has 3 aromatic rings. The molecule has 0 saturated heterocycles. The molecule has 0 fully saturated rings. The van der Waals surface area contributed by atoms with E-state index >= 15 is 0 Å². The average molecular weight is 517 g/mol. The monoisotopic (exact) mass is 516 g/mol. The SMILES string of the molecule is CCOC(=O)N(Cc1ccccc1)C1CC(C)N(C(=O)CCc2ccccc2)c2cc(OC)c(OC)cc21. The van der Waals surface area contributed by atoms with Gasteiger partial charge in [-0.1, -0.05) is 60.7 Å². The molecule has 1 aliphatic heterocycles. The highest BCUT2D eigenvalue weighted by molar-refractivity contribution is 5.96. The first-order valence-corrected chi connectivity index (χ1v) is 13.1. The van der Waals surface area contributed by atoms with Crippen LogP contribution >= 0.6 is 0 Å². The van der Waals surface area contributed by atoms with Gasteiger partial charge in [0.05, 0.1) is 32.6 Å². The molecule has 0 aliphatic carbocycles. The number of hydrogen-bond donors (Lipinski definition) is 0. The standard InChI is InChI=1S/C31H36N2O5/c1-5-38-31(35)32(21-24-14-10-7-11-15-24)26-18-22(2)33(30(34)17-16-23-12-8-6-9-13-23)27-20-29(37-4)28(36-3)19-25(26)27/h6-15,19-20,22,26H,5,16-18,21H2,1-4H3. The van der Waals surface area contributed by atoms with Crippen LogP contribution in [-0.4, -0.2) is 43.8 Å². The van der Waals surface area contributed by atoms with Crippen LogP contribution in [0.25, 0.3) is 0 Å². The number of ether oxygens (including phenoxy) is 3. The van der Waals surface area contributed by atoms with E-state index in [1.54, 1.807) is 26.0 Å². The smallest absolute Gasteiger partial charge is 0.410 e. The third-order valence-electron chi connectivity index (χ3n) is 6.97. The lowest BCUT2D eigenvalue weighted by Gasteiger charge is -2.43. The molecule has 7 nitrogen and oxygen atoms in total. The Morgan fingerprint density at radius 3 is 2.13 bits per heavy atom. The Morgan fingerprint density at radius 2 is 1.53 bits per heavy atom. The zero-order chi connectivity index (χ0) is 27.1. The molecule has 0 spiro atoms.